The number of aromatic nitrogens is 2. The third kappa shape index (κ3) is 4.14. The molecule has 0 fully saturated rings. The van der Waals surface area contributed by atoms with Crippen LogP contribution in [0.1, 0.15) is 39.8 Å². The smallest absolute Gasteiger partial charge is 0.226 e. The maximum absolute atomic E-state index is 5.93. The molecule has 0 saturated carbocycles. The summed E-state index contributed by atoms with van der Waals surface area (Å²) in [5, 5.41) is 3.25. The maximum atomic E-state index is 5.93. The molecule has 0 aromatic carbocycles. The van der Waals surface area contributed by atoms with Crippen molar-refractivity contribution in [2.75, 3.05) is 11.9 Å². The van der Waals surface area contributed by atoms with Gasteiger partial charge in [0.15, 0.2) is 0 Å². The van der Waals surface area contributed by atoms with E-state index in [1.165, 1.54) is 0 Å². The van der Waals surface area contributed by atoms with Crippen LogP contribution in [0.3, 0.4) is 0 Å². The Balaban J connectivity index is 2.86. The summed E-state index contributed by atoms with van der Waals surface area (Å²) in [7, 11) is 0. The van der Waals surface area contributed by atoms with Gasteiger partial charge in [-0.3, -0.25) is 0 Å². The minimum atomic E-state index is -0.268. The minimum Gasteiger partial charge on any atom is -0.478 e. The van der Waals surface area contributed by atoms with Gasteiger partial charge in [-0.1, -0.05) is 6.92 Å². The van der Waals surface area contributed by atoms with Gasteiger partial charge in [-0.05, 0) is 34.1 Å². The van der Waals surface area contributed by atoms with Crippen molar-refractivity contribution >= 4 is 5.95 Å². The van der Waals surface area contributed by atoms with Gasteiger partial charge in [-0.15, -0.1) is 0 Å². The normalized spacial score (nSPS) is 13.2. The number of aryl methyl sites for hydroxylation is 1. The molecular formula is C13H24N4O. The largest absolute Gasteiger partial charge is 0.478 e. The molecule has 1 aromatic rings. The van der Waals surface area contributed by atoms with E-state index in [0.717, 1.165) is 12.1 Å². The Kier molecular flexibility index (Phi) is 4.90. The van der Waals surface area contributed by atoms with Crippen LogP contribution in [0.5, 0.6) is 5.88 Å². The minimum absolute atomic E-state index is 0.0124. The fourth-order valence-corrected chi connectivity index (χ4v) is 1.28. The number of ether oxygens (including phenoxy) is 1. The Hall–Kier alpha value is -1.36. The molecule has 0 radical (unpaired) electrons. The molecule has 0 amide bonds. The molecule has 3 N–H and O–H groups in total. The highest BCUT2D eigenvalue weighted by Crippen LogP contribution is 2.17. The highest BCUT2D eigenvalue weighted by Gasteiger charge is 2.23. The van der Waals surface area contributed by atoms with Crippen LogP contribution in [-0.2, 0) is 0 Å². The predicted molar refractivity (Wildman–Crippen MR) is 73.9 cm³/mol. The zero-order chi connectivity index (χ0) is 13.8. The number of anilines is 1. The summed E-state index contributed by atoms with van der Waals surface area (Å²) in [5.74, 6) is 1.16. The van der Waals surface area contributed by atoms with Crippen LogP contribution in [0.2, 0.25) is 0 Å². The van der Waals surface area contributed by atoms with Gasteiger partial charge in [0.2, 0.25) is 11.8 Å². The zero-order valence-electron chi connectivity index (χ0n) is 11.9. The van der Waals surface area contributed by atoms with Crippen LogP contribution in [0, 0.1) is 6.92 Å². The van der Waals surface area contributed by atoms with E-state index in [1.54, 1.807) is 0 Å². The molecule has 1 rings (SSSR count). The van der Waals surface area contributed by atoms with Crippen LogP contribution in [0.15, 0.2) is 6.07 Å². The van der Waals surface area contributed by atoms with E-state index >= 15 is 0 Å². The fraction of sp³-hybridized carbons (Fsp3) is 0.692. The Morgan fingerprint density at radius 1 is 1.44 bits per heavy atom. The second-order valence-electron chi connectivity index (χ2n) is 5.15. The van der Waals surface area contributed by atoms with E-state index in [1.807, 2.05) is 33.8 Å². The number of hydrogen-bond acceptors (Lipinski definition) is 5. The van der Waals surface area contributed by atoms with Crippen molar-refractivity contribution in [1.82, 2.24) is 9.97 Å². The molecular weight excluding hydrogens is 228 g/mol. The molecule has 18 heavy (non-hydrogen) atoms. The van der Waals surface area contributed by atoms with E-state index in [9.17, 15) is 0 Å². The SMILES string of the molecule is CCCOc1cc(C)nc(NC(C)(C)C(C)N)n1. The van der Waals surface area contributed by atoms with Crippen molar-refractivity contribution in [2.45, 2.75) is 52.6 Å². The van der Waals surface area contributed by atoms with Crippen LogP contribution < -0.4 is 15.8 Å². The summed E-state index contributed by atoms with van der Waals surface area (Å²) in [5.41, 5.74) is 6.53. The van der Waals surface area contributed by atoms with Gasteiger partial charge in [0, 0.05) is 23.3 Å². The first-order valence-electron chi connectivity index (χ1n) is 6.37. The molecule has 1 heterocycles. The molecule has 1 unspecified atom stereocenters. The number of rotatable bonds is 6. The molecule has 0 saturated heterocycles. The molecule has 102 valence electrons. The average Bonchev–Trinajstić information content (AvgIpc) is 2.24. The fourth-order valence-electron chi connectivity index (χ4n) is 1.28. The average molecular weight is 252 g/mol. The Morgan fingerprint density at radius 2 is 2.11 bits per heavy atom. The first-order chi connectivity index (χ1) is 8.35. The standard InChI is InChI=1S/C13H24N4O/c1-6-7-18-11-8-9(2)15-12(16-11)17-13(4,5)10(3)14/h8,10H,6-7,14H2,1-5H3,(H,15,16,17). The molecule has 0 spiro atoms. The summed E-state index contributed by atoms with van der Waals surface area (Å²) in [6.07, 6.45) is 0.955. The number of hydrogen-bond donors (Lipinski definition) is 2. The third-order valence-corrected chi connectivity index (χ3v) is 2.86. The van der Waals surface area contributed by atoms with Crippen LogP contribution in [0.4, 0.5) is 5.95 Å². The topological polar surface area (TPSA) is 73.1 Å². The van der Waals surface area contributed by atoms with Crippen molar-refractivity contribution in [1.29, 1.82) is 0 Å². The molecule has 0 aliphatic heterocycles. The number of nitrogens with zero attached hydrogens (tertiary/aromatic N) is 2. The molecule has 0 bridgehead atoms. The van der Waals surface area contributed by atoms with Crippen LogP contribution in [0.25, 0.3) is 0 Å². The Bertz CT molecular complexity index is 391. The third-order valence-electron chi connectivity index (χ3n) is 2.86. The molecule has 1 atom stereocenters. The van der Waals surface area contributed by atoms with Crippen molar-refractivity contribution in [3.05, 3.63) is 11.8 Å². The van der Waals surface area contributed by atoms with Crippen LogP contribution >= 0.6 is 0 Å². The molecule has 1 aromatic heterocycles. The lowest BCUT2D eigenvalue weighted by molar-refractivity contribution is 0.304. The van der Waals surface area contributed by atoms with E-state index in [4.69, 9.17) is 10.5 Å². The van der Waals surface area contributed by atoms with Crippen LogP contribution in [-0.4, -0.2) is 28.2 Å². The molecule has 5 nitrogen and oxygen atoms in total. The van der Waals surface area contributed by atoms with Crippen molar-refractivity contribution in [3.8, 4) is 5.88 Å². The van der Waals surface area contributed by atoms with Gasteiger partial charge in [-0.2, -0.15) is 4.98 Å². The zero-order valence-corrected chi connectivity index (χ0v) is 11.9. The first-order valence-corrected chi connectivity index (χ1v) is 6.37. The second-order valence-corrected chi connectivity index (χ2v) is 5.15. The van der Waals surface area contributed by atoms with Gasteiger partial charge >= 0.3 is 0 Å². The van der Waals surface area contributed by atoms with E-state index in [0.29, 0.717) is 18.4 Å². The first kappa shape index (κ1) is 14.7. The van der Waals surface area contributed by atoms with E-state index in [2.05, 4.69) is 22.2 Å². The molecule has 0 aliphatic carbocycles. The van der Waals surface area contributed by atoms with Gasteiger partial charge < -0.3 is 15.8 Å². The second kappa shape index (κ2) is 6.00. The van der Waals surface area contributed by atoms with Gasteiger partial charge in [0.1, 0.15) is 0 Å². The number of nitrogens with one attached hydrogen (secondary N) is 1. The van der Waals surface area contributed by atoms with E-state index < -0.39 is 0 Å². The lowest BCUT2D eigenvalue weighted by Gasteiger charge is -2.30. The molecule has 0 aliphatic rings. The number of nitrogens with two attached hydrogens (primary N) is 1. The Morgan fingerprint density at radius 3 is 2.67 bits per heavy atom. The summed E-state index contributed by atoms with van der Waals surface area (Å²) >= 11 is 0. The Labute approximate surface area is 109 Å². The summed E-state index contributed by atoms with van der Waals surface area (Å²) in [4.78, 5) is 8.69. The lowest BCUT2D eigenvalue weighted by atomic mass is 9.97. The van der Waals surface area contributed by atoms with Gasteiger partial charge in [-0.25, -0.2) is 4.98 Å². The lowest BCUT2D eigenvalue weighted by Crippen LogP contribution is -2.47. The monoisotopic (exact) mass is 252 g/mol. The summed E-state index contributed by atoms with van der Waals surface area (Å²) < 4.78 is 5.53. The molecule has 5 heteroatoms. The van der Waals surface area contributed by atoms with E-state index in [-0.39, 0.29) is 11.6 Å². The summed E-state index contributed by atoms with van der Waals surface area (Å²) in [6, 6.07) is 1.82. The van der Waals surface area contributed by atoms with Crippen molar-refractivity contribution < 1.29 is 4.74 Å². The highest BCUT2D eigenvalue weighted by atomic mass is 16.5. The maximum Gasteiger partial charge on any atom is 0.226 e. The highest BCUT2D eigenvalue weighted by molar-refractivity contribution is 5.34. The van der Waals surface area contributed by atoms with Gasteiger partial charge in [0.05, 0.1) is 6.61 Å². The summed E-state index contributed by atoms with van der Waals surface area (Å²) in [6.45, 7) is 10.6. The quantitative estimate of drug-likeness (QED) is 0.811. The van der Waals surface area contributed by atoms with Crippen molar-refractivity contribution in [3.63, 3.8) is 0 Å². The predicted octanol–water partition coefficient (Wildman–Crippen LogP) is 2.11. The van der Waals surface area contributed by atoms with Gasteiger partial charge in [0.25, 0.3) is 0 Å². The van der Waals surface area contributed by atoms with Crippen molar-refractivity contribution in [2.24, 2.45) is 5.73 Å².